The summed E-state index contributed by atoms with van der Waals surface area (Å²) in [6.07, 6.45) is 5.38. The first kappa shape index (κ1) is 22.1. The van der Waals surface area contributed by atoms with Crippen molar-refractivity contribution < 1.29 is 23.5 Å². The number of ether oxygens (including phenoxy) is 1. The van der Waals surface area contributed by atoms with Crippen LogP contribution in [0.15, 0.2) is 41.1 Å². The number of halogens is 1. The van der Waals surface area contributed by atoms with Crippen LogP contribution in [0.25, 0.3) is 11.1 Å². The Morgan fingerprint density at radius 1 is 1.09 bits per heavy atom. The Labute approximate surface area is 199 Å². The van der Waals surface area contributed by atoms with E-state index in [9.17, 15) is 14.4 Å². The summed E-state index contributed by atoms with van der Waals surface area (Å²) in [5, 5.41) is 5.96. The van der Waals surface area contributed by atoms with Crippen LogP contribution in [0.4, 0.5) is 16.3 Å². The lowest BCUT2D eigenvalue weighted by Crippen LogP contribution is -2.40. The number of pyridine rings is 2. The largest absolute Gasteiger partial charge is 0.448 e. The van der Waals surface area contributed by atoms with E-state index in [1.54, 1.807) is 35.4 Å². The van der Waals surface area contributed by atoms with Gasteiger partial charge in [-0.15, -0.1) is 0 Å². The molecule has 176 valence electrons. The normalized spacial score (nSPS) is 20.3. The molecule has 5 rings (SSSR count). The lowest BCUT2D eigenvalue weighted by molar-refractivity contribution is -0.121. The molecule has 0 spiro atoms. The molecule has 2 N–H and O–H groups in total. The number of anilines is 2. The summed E-state index contributed by atoms with van der Waals surface area (Å²) in [6, 6.07) is 6.61. The van der Waals surface area contributed by atoms with Crippen LogP contribution in [-0.2, 0) is 9.53 Å². The number of hydrogen-bond donors (Lipinski definition) is 2. The maximum absolute atomic E-state index is 13.1. The van der Waals surface area contributed by atoms with Gasteiger partial charge in [0, 0.05) is 24.4 Å². The van der Waals surface area contributed by atoms with E-state index in [-0.39, 0.29) is 35.4 Å². The monoisotopic (exact) mass is 483 g/mol. The Kier molecular flexibility index (Phi) is 6.06. The van der Waals surface area contributed by atoms with Crippen molar-refractivity contribution in [2.45, 2.75) is 31.7 Å². The summed E-state index contributed by atoms with van der Waals surface area (Å²) in [6.45, 7) is 1.00. The molecule has 3 aromatic rings. The smallest absolute Gasteiger partial charge is 0.410 e. The predicted molar refractivity (Wildman–Crippen MR) is 124 cm³/mol. The van der Waals surface area contributed by atoms with Gasteiger partial charge in [0.05, 0.1) is 11.6 Å². The lowest BCUT2D eigenvalue weighted by atomic mass is 9.85. The first-order valence-electron chi connectivity index (χ1n) is 11.0. The van der Waals surface area contributed by atoms with Crippen molar-refractivity contribution in [1.29, 1.82) is 0 Å². The summed E-state index contributed by atoms with van der Waals surface area (Å²) in [5.74, 6) is -0.808. The number of fused-ring (bicyclic) bond motifs is 1. The number of amides is 3. The van der Waals surface area contributed by atoms with E-state index < -0.39 is 5.91 Å². The molecule has 2 aliphatic rings. The number of hydrogen-bond acceptors (Lipinski definition) is 7. The third kappa shape index (κ3) is 4.41. The highest BCUT2D eigenvalue weighted by molar-refractivity contribution is 6.30. The molecular formula is C23H22ClN5O5. The second-order valence-electron chi connectivity index (χ2n) is 8.27. The van der Waals surface area contributed by atoms with Crippen molar-refractivity contribution in [3.8, 4) is 0 Å². The van der Waals surface area contributed by atoms with Crippen molar-refractivity contribution in [2.24, 2.45) is 5.92 Å². The molecule has 1 aliphatic heterocycles. The first-order chi connectivity index (χ1) is 16.5. The Morgan fingerprint density at radius 3 is 2.62 bits per heavy atom. The Balaban J connectivity index is 1.32. The molecule has 4 heterocycles. The van der Waals surface area contributed by atoms with Gasteiger partial charge < -0.3 is 24.7 Å². The van der Waals surface area contributed by atoms with Crippen molar-refractivity contribution in [3.05, 3.63) is 47.4 Å². The molecule has 0 aromatic carbocycles. The zero-order valence-electron chi connectivity index (χ0n) is 18.1. The second kappa shape index (κ2) is 9.30. The maximum Gasteiger partial charge on any atom is 0.410 e. The molecule has 0 radical (unpaired) electrons. The topological polar surface area (TPSA) is 127 Å². The number of carbonyl (C=O) groups excluding carboxylic acids is 3. The molecule has 1 saturated carbocycles. The molecule has 2 fully saturated rings. The third-order valence-electron chi connectivity index (χ3n) is 6.17. The van der Waals surface area contributed by atoms with Gasteiger partial charge in [-0.3, -0.25) is 14.6 Å². The fourth-order valence-corrected chi connectivity index (χ4v) is 4.55. The second-order valence-corrected chi connectivity index (χ2v) is 8.71. The van der Waals surface area contributed by atoms with Crippen LogP contribution < -0.4 is 10.6 Å². The molecule has 0 unspecified atom stereocenters. The summed E-state index contributed by atoms with van der Waals surface area (Å²) in [4.78, 5) is 48.0. The van der Waals surface area contributed by atoms with Crippen LogP contribution in [0.3, 0.4) is 0 Å². The van der Waals surface area contributed by atoms with E-state index in [0.29, 0.717) is 60.8 Å². The van der Waals surface area contributed by atoms with Crippen LogP contribution in [0.5, 0.6) is 0 Å². The lowest BCUT2D eigenvalue weighted by Gasteiger charge is -2.32. The number of nitrogens with zero attached hydrogens (tertiary/aromatic N) is 3. The number of nitrogens with one attached hydrogen (secondary N) is 2. The average Bonchev–Trinajstić information content (AvgIpc) is 3.44. The Morgan fingerprint density at radius 2 is 1.91 bits per heavy atom. The van der Waals surface area contributed by atoms with Gasteiger partial charge in [0.2, 0.25) is 11.7 Å². The predicted octanol–water partition coefficient (Wildman–Crippen LogP) is 4.08. The molecule has 3 aromatic heterocycles. The van der Waals surface area contributed by atoms with E-state index in [1.807, 2.05) is 0 Å². The zero-order valence-corrected chi connectivity index (χ0v) is 18.9. The van der Waals surface area contributed by atoms with E-state index in [2.05, 4.69) is 20.6 Å². The molecule has 10 nitrogen and oxygen atoms in total. The Hall–Kier alpha value is -3.66. The van der Waals surface area contributed by atoms with Crippen molar-refractivity contribution in [2.75, 3.05) is 23.8 Å². The minimum Gasteiger partial charge on any atom is -0.448 e. The summed E-state index contributed by atoms with van der Waals surface area (Å²) < 4.78 is 10.8. The number of rotatable bonds is 5. The van der Waals surface area contributed by atoms with Crippen LogP contribution in [-0.4, -0.2) is 52.0 Å². The van der Waals surface area contributed by atoms with Crippen LogP contribution in [0, 0.1) is 5.92 Å². The van der Waals surface area contributed by atoms with Crippen molar-refractivity contribution in [3.63, 3.8) is 0 Å². The summed E-state index contributed by atoms with van der Waals surface area (Å²) >= 11 is 5.85. The highest BCUT2D eigenvalue weighted by Gasteiger charge is 2.35. The van der Waals surface area contributed by atoms with E-state index in [1.165, 1.54) is 6.20 Å². The SMILES string of the molecule is O=C(Nc1ccc(Cl)cn1)c1oc2cccnc2c1NC(=O)[C@H]1CC[C@H](N2CCOC2=O)CC1. The van der Waals surface area contributed by atoms with Crippen LogP contribution in [0.2, 0.25) is 5.02 Å². The van der Waals surface area contributed by atoms with Gasteiger partial charge in [0.25, 0.3) is 5.91 Å². The first-order valence-corrected chi connectivity index (χ1v) is 11.4. The van der Waals surface area contributed by atoms with Crippen LogP contribution >= 0.6 is 11.6 Å². The average molecular weight is 484 g/mol. The molecule has 3 amide bonds. The fraction of sp³-hybridized carbons (Fsp3) is 0.348. The standard InChI is InChI=1S/C23H22ClN5O5/c24-14-5-8-17(26-12-14)27-22(31)20-19(18-16(34-20)2-1-9-25-18)28-21(30)13-3-6-15(7-4-13)29-10-11-33-23(29)32/h1-2,5,8-9,12-13,15H,3-4,6-7,10-11H2,(H,28,30)(H,26,27,31)/t13-,15-. The van der Waals surface area contributed by atoms with Gasteiger partial charge in [-0.2, -0.15) is 0 Å². The highest BCUT2D eigenvalue weighted by Crippen LogP contribution is 2.33. The number of aromatic nitrogens is 2. The van der Waals surface area contributed by atoms with Gasteiger partial charge in [0.15, 0.2) is 5.58 Å². The van der Waals surface area contributed by atoms with Gasteiger partial charge in [-0.1, -0.05) is 11.6 Å². The van der Waals surface area contributed by atoms with Gasteiger partial charge in [-0.25, -0.2) is 9.78 Å². The number of carbonyl (C=O) groups is 3. The van der Waals surface area contributed by atoms with Gasteiger partial charge >= 0.3 is 6.09 Å². The molecule has 0 bridgehead atoms. The Bertz CT molecular complexity index is 1240. The summed E-state index contributed by atoms with van der Waals surface area (Å²) in [7, 11) is 0. The van der Waals surface area contributed by atoms with Crippen LogP contribution in [0.1, 0.15) is 36.2 Å². The van der Waals surface area contributed by atoms with Gasteiger partial charge in [0.1, 0.15) is 23.6 Å². The molecule has 0 atom stereocenters. The number of cyclic esters (lactones) is 1. The molecular weight excluding hydrogens is 462 g/mol. The molecule has 1 aliphatic carbocycles. The summed E-state index contributed by atoms with van der Waals surface area (Å²) in [5.41, 5.74) is 0.985. The minimum absolute atomic E-state index is 0.0627. The van der Waals surface area contributed by atoms with Crippen molar-refractivity contribution in [1.82, 2.24) is 14.9 Å². The van der Waals surface area contributed by atoms with Gasteiger partial charge in [-0.05, 0) is 49.9 Å². The van der Waals surface area contributed by atoms with Crippen molar-refractivity contribution >= 4 is 52.1 Å². The third-order valence-corrected chi connectivity index (χ3v) is 6.39. The fourth-order valence-electron chi connectivity index (χ4n) is 4.44. The maximum atomic E-state index is 13.1. The molecule has 11 heteroatoms. The van der Waals surface area contributed by atoms with E-state index in [0.717, 1.165) is 0 Å². The zero-order chi connectivity index (χ0) is 23.7. The highest BCUT2D eigenvalue weighted by atomic mass is 35.5. The number of furan rings is 1. The minimum atomic E-state index is -0.570. The van der Waals surface area contributed by atoms with E-state index in [4.69, 9.17) is 20.8 Å². The molecule has 34 heavy (non-hydrogen) atoms. The van der Waals surface area contributed by atoms with E-state index >= 15 is 0 Å². The quantitative estimate of drug-likeness (QED) is 0.559. The molecule has 1 saturated heterocycles.